The molecule has 1 aromatic heterocycles. The lowest BCUT2D eigenvalue weighted by molar-refractivity contribution is -0.126. The quantitative estimate of drug-likeness (QED) is 0.512. The number of aryl methyl sites for hydroxylation is 1. The van der Waals surface area contributed by atoms with Gasteiger partial charge in [-0.3, -0.25) is 4.79 Å². The molecule has 2 aromatic carbocycles. The van der Waals surface area contributed by atoms with Crippen molar-refractivity contribution in [3.63, 3.8) is 0 Å². The third kappa shape index (κ3) is 5.33. The first kappa shape index (κ1) is 24.7. The van der Waals surface area contributed by atoms with Crippen molar-refractivity contribution < 1.29 is 22.7 Å². The van der Waals surface area contributed by atoms with Crippen LogP contribution in [0.1, 0.15) is 30.3 Å². The summed E-state index contributed by atoms with van der Waals surface area (Å²) >= 11 is 0. The number of aromatic nitrogens is 2. The van der Waals surface area contributed by atoms with Crippen molar-refractivity contribution in [3.8, 4) is 11.5 Å². The fourth-order valence-electron chi connectivity index (χ4n) is 4.31. The molecular weight excluding hydrogens is 468 g/mol. The van der Waals surface area contributed by atoms with E-state index in [-0.39, 0.29) is 29.8 Å². The number of hydrogen-bond donors (Lipinski definition) is 1. The molecule has 1 aliphatic heterocycles. The zero-order valence-electron chi connectivity index (χ0n) is 20.0. The van der Waals surface area contributed by atoms with Crippen LogP contribution >= 0.6 is 0 Å². The third-order valence-electron chi connectivity index (χ3n) is 6.32. The normalized spacial score (nSPS) is 16.0. The van der Waals surface area contributed by atoms with Gasteiger partial charge >= 0.3 is 0 Å². The average molecular weight is 499 g/mol. The molecule has 10 heteroatoms. The van der Waals surface area contributed by atoms with Gasteiger partial charge in [-0.1, -0.05) is 18.2 Å². The Morgan fingerprint density at radius 3 is 2.23 bits per heavy atom. The molecule has 2 heterocycles. The van der Waals surface area contributed by atoms with E-state index >= 15 is 0 Å². The van der Waals surface area contributed by atoms with Gasteiger partial charge in [-0.05, 0) is 42.7 Å². The third-order valence-corrected chi connectivity index (χ3v) is 8.23. The Hall–Kier alpha value is -3.37. The first-order valence-corrected chi connectivity index (χ1v) is 12.8. The second-order valence-electron chi connectivity index (χ2n) is 8.48. The van der Waals surface area contributed by atoms with E-state index in [2.05, 4.69) is 10.3 Å². The number of benzene rings is 2. The van der Waals surface area contributed by atoms with E-state index in [0.717, 1.165) is 5.56 Å². The Balaban J connectivity index is 1.51. The van der Waals surface area contributed by atoms with Crippen LogP contribution in [0.25, 0.3) is 0 Å². The van der Waals surface area contributed by atoms with Crippen LogP contribution in [-0.2, 0) is 21.9 Å². The van der Waals surface area contributed by atoms with Gasteiger partial charge in [0.05, 0.1) is 19.1 Å². The SMILES string of the molecule is COc1cc(OC)cc([C@@H](NC(=O)C2CCN(S(=O)(=O)c3ccccc3)CC2)c2nccn2C)c1. The van der Waals surface area contributed by atoms with Crippen LogP contribution in [0.3, 0.4) is 0 Å². The maximum atomic E-state index is 13.3. The molecule has 9 nitrogen and oxygen atoms in total. The van der Waals surface area contributed by atoms with Crippen molar-refractivity contribution in [2.24, 2.45) is 13.0 Å². The number of methoxy groups -OCH3 is 2. The van der Waals surface area contributed by atoms with Crippen LogP contribution in [0.15, 0.2) is 65.8 Å². The summed E-state index contributed by atoms with van der Waals surface area (Å²) in [5, 5.41) is 3.13. The Morgan fingerprint density at radius 2 is 1.69 bits per heavy atom. The lowest BCUT2D eigenvalue weighted by Crippen LogP contribution is -2.44. The summed E-state index contributed by atoms with van der Waals surface area (Å²) in [4.78, 5) is 18.1. The number of carbonyl (C=O) groups is 1. The van der Waals surface area contributed by atoms with Gasteiger partial charge in [0.15, 0.2) is 0 Å². The number of amides is 1. The molecule has 0 spiro atoms. The van der Waals surface area contributed by atoms with E-state index < -0.39 is 16.1 Å². The summed E-state index contributed by atoms with van der Waals surface area (Å²) in [6, 6.07) is 13.3. The number of nitrogens with zero attached hydrogens (tertiary/aromatic N) is 3. The molecule has 0 unspecified atom stereocenters. The predicted octanol–water partition coefficient (Wildman–Crippen LogP) is 2.74. The van der Waals surface area contributed by atoms with Gasteiger partial charge in [0, 0.05) is 44.5 Å². The summed E-state index contributed by atoms with van der Waals surface area (Å²) in [5.74, 6) is 1.42. The second kappa shape index (κ2) is 10.5. The number of hydrogen-bond acceptors (Lipinski definition) is 6. The minimum absolute atomic E-state index is 0.142. The van der Waals surface area contributed by atoms with E-state index in [4.69, 9.17) is 9.47 Å². The number of imidazole rings is 1. The van der Waals surface area contributed by atoms with Gasteiger partial charge in [0.1, 0.15) is 23.4 Å². The van der Waals surface area contributed by atoms with Gasteiger partial charge in [0.25, 0.3) is 0 Å². The maximum absolute atomic E-state index is 13.3. The van der Waals surface area contributed by atoms with Crippen molar-refractivity contribution in [3.05, 3.63) is 72.3 Å². The number of ether oxygens (including phenoxy) is 2. The standard InChI is InChI=1S/C25H30N4O5S/c1-28-14-11-26-24(28)23(19-15-20(33-2)17-21(16-19)34-3)27-25(30)18-9-12-29(13-10-18)35(31,32)22-7-5-4-6-8-22/h4-8,11,14-18,23H,9-10,12-13H2,1-3H3,(H,27,30)/t23-/m1/s1. The minimum Gasteiger partial charge on any atom is -0.497 e. The van der Waals surface area contributed by atoms with Gasteiger partial charge in [0.2, 0.25) is 15.9 Å². The van der Waals surface area contributed by atoms with Gasteiger partial charge in [-0.2, -0.15) is 4.31 Å². The lowest BCUT2D eigenvalue weighted by atomic mass is 9.96. The van der Waals surface area contributed by atoms with E-state index in [0.29, 0.717) is 30.2 Å². The Kier molecular flexibility index (Phi) is 7.42. The van der Waals surface area contributed by atoms with Crippen LogP contribution in [0, 0.1) is 5.92 Å². The number of carbonyl (C=O) groups excluding carboxylic acids is 1. The Morgan fingerprint density at radius 1 is 1.06 bits per heavy atom. The second-order valence-corrected chi connectivity index (χ2v) is 10.4. The average Bonchev–Trinajstić information content (AvgIpc) is 3.32. The van der Waals surface area contributed by atoms with E-state index in [1.165, 1.54) is 4.31 Å². The Labute approximate surface area is 205 Å². The van der Waals surface area contributed by atoms with Crippen molar-refractivity contribution >= 4 is 15.9 Å². The first-order chi connectivity index (χ1) is 16.8. The summed E-state index contributed by atoms with van der Waals surface area (Å²) in [5.41, 5.74) is 0.771. The maximum Gasteiger partial charge on any atom is 0.243 e. The van der Waals surface area contributed by atoms with Crippen LogP contribution in [0.2, 0.25) is 0 Å². The van der Waals surface area contributed by atoms with E-state index in [9.17, 15) is 13.2 Å². The summed E-state index contributed by atoms with van der Waals surface area (Å²) in [6.07, 6.45) is 4.37. The van der Waals surface area contributed by atoms with Crippen molar-refractivity contribution in [2.45, 2.75) is 23.8 Å². The Bertz CT molecular complexity index is 1250. The molecule has 4 rings (SSSR count). The lowest BCUT2D eigenvalue weighted by Gasteiger charge is -2.31. The van der Waals surface area contributed by atoms with E-state index in [1.54, 1.807) is 56.8 Å². The molecule has 186 valence electrons. The van der Waals surface area contributed by atoms with Crippen LogP contribution in [0.5, 0.6) is 11.5 Å². The highest BCUT2D eigenvalue weighted by Crippen LogP contribution is 2.31. The molecular formula is C25H30N4O5S. The number of rotatable bonds is 8. The van der Waals surface area contributed by atoms with Crippen LogP contribution in [-0.4, -0.2) is 55.5 Å². The molecule has 0 aliphatic carbocycles. The van der Waals surface area contributed by atoms with Gasteiger partial charge < -0.3 is 19.4 Å². The first-order valence-electron chi connectivity index (χ1n) is 11.4. The molecule has 0 radical (unpaired) electrons. The summed E-state index contributed by atoms with van der Waals surface area (Å²) in [7, 11) is 1.44. The highest BCUT2D eigenvalue weighted by Gasteiger charge is 2.33. The fourth-order valence-corrected chi connectivity index (χ4v) is 5.80. The molecule has 1 aliphatic rings. The fraction of sp³-hybridized carbons (Fsp3) is 0.360. The number of nitrogens with one attached hydrogen (secondary N) is 1. The number of sulfonamides is 1. The minimum atomic E-state index is -3.57. The van der Waals surface area contributed by atoms with Crippen molar-refractivity contribution in [2.75, 3.05) is 27.3 Å². The topological polar surface area (TPSA) is 103 Å². The molecule has 0 bridgehead atoms. The smallest absolute Gasteiger partial charge is 0.243 e. The van der Waals surface area contributed by atoms with Crippen LogP contribution in [0.4, 0.5) is 0 Å². The zero-order valence-corrected chi connectivity index (χ0v) is 20.9. The van der Waals surface area contributed by atoms with Crippen molar-refractivity contribution in [1.82, 2.24) is 19.2 Å². The van der Waals surface area contributed by atoms with Crippen LogP contribution < -0.4 is 14.8 Å². The molecule has 3 aromatic rings. The zero-order chi connectivity index (χ0) is 25.0. The predicted molar refractivity (Wildman–Crippen MR) is 131 cm³/mol. The van der Waals surface area contributed by atoms with Gasteiger partial charge in [-0.25, -0.2) is 13.4 Å². The molecule has 1 saturated heterocycles. The summed E-state index contributed by atoms with van der Waals surface area (Å²) in [6.45, 7) is 0.574. The molecule has 1 N–H and O–H groups in total. The highest BCUT2D eigenvalue weighted by atomic mass is 32.2. The molecule has 1 atom stereocenters. The molecule has 1 fully saturated rings. The van der Waals surface area contributed by atoms with Gasteiger partial charge in [-0.15, -0.1) is 0 Å². The van der Waals surface area contributed by atoms with Crippen molar-refractivity contribution in [1.29, 1.82) is 0 Å². The summed E-state index contributed by atoms with van der Waals surface area (Å²) < 4.78 is 40.0. The number of piperidine rings is 1. The van der Waals surface area contributed by atoms with E-state index in [1.807, 2.05) is 29.9 Å². The molecule has 1 amide bonds. The molecule has 35 heavy (non-hydrogen) atoms. The monoisotopic (exact) mass is 498 g/mol. The largest absolute Gasteiger partial charge is 0.497 e. The molecule has 0 saturated carbocycles. The highest BCUT2D eigenvalue weighted by molar-refractivity contribution is 7.89.